The SMILES string of the molecule is CN1C[C@@H]2C[C@H]1C(=O)N1CCN(S(=O)(=O)c3cccc(F)c3)[C@@H](C1)C(=O)NC[C@H]1O[C@@H](CC(=O)N2)[C@H](O)[C@@H]1O. The highest BCUT2D eigenvalue weighted by molar-refractivity contribution is 7.89. The number of benzene rings is 1. The van der Waals surface area contributed by atoms with Crippen molar-refractivity contribution in [1.29, 1.82) is 0 Å². The molecular weight excluding hydrogens is 537 g/mol. The Morgan fingerprint density at radius 1 is 1.05 bits per heavy atom. The third-order valence-corrected chi connectivity index (χ3v) is 9.78. The lowest BCUT2D eigenvalue weighted by molar-refractivity contribution is -0.140. The summed E-state index contributed by atoms with van der Waals surface area (Å²) in [6.45, 7) is -0.333. The van der Waals surface area contributed by atoms with Gasteiger partial charge in [-0.2, -0.15) is 4.31 Å². The second-order valence-corrected chi connectivity index (χ2v) is 12.4. The molecule has 0 radical (unpaired) electrons. The van der Waals surface area contributed by atoms with Gasteiger partial charge in [0.15, 0.2) is 0 Å². The average Bonchev–Trinajstić information content (AvgIpc) is 3.39. The predicted molar refractivity (Wildman–Crippen MR) is 132 cm³/mol. The lowest BCUT2D eigenvalue weighted by atomic mass is 10.0. The summed E-state index contributed by atoms with van der Waals surface area (Å²) in [5.74, 6) is -2.19. The fourth-order valence-electron chi connectivity index (χ4n) is 5.79. The molecule has 1 aromatic carbocycles. The minimum atomic E-state index is -4.32. The van der Waals surface area contributed by atoms with Gasteiger partial charge >= 0.3 is 0 Å². The zero-order valence-electron chi connectivity index (χ0n) is 21.3. The summed E-state index contributed by atoms with van der Waals surface area (Å²) in [7, 11) is -2.58. The van der Waals surface area contributed by atoms with Gasteiger partial charge in [-0.3, -0.25) is 19.3 Å². The van der Waals surface area contributed by atoms with Crippen LogP contribution in [0.4, 0.5) is 4.39 Å². The molecule has 6 bridgehead atoms. The van der Waals surface area contributed by atoms with Crippen LogP contribution in [0.15, 0.2) is 29.2 Å². The molecule has 0 unspecified atom stereocenters. The van der Waals surface area contributed by atoms with Crippen molar-refractivity contribution in [3.63, 3.8) is 0 Å². The fourth-order valence-corrected chi connectivity index (χ4v) is 7.39. The number of piperazine rings is 1. The number of nitrogens with zero attached hydrogens (tertiary/aromatic N) is 3. The van der Waals surface area contributed by atoms with Crippen molar-refractivity contribution >= 4 is 27.7 Å². The molecule has 4 N–H and O–H groups in total. The molecular formula is C24H32FN5O8S. The lowest BCUT2D eigenvalue weighted by Gasteiger charge is -2.41. The average molecular weight is 570 g/mol. The molecule has 4 heterocycles. The number of halogens is 1. The highest BCUT2D eigenvalue weighted by atomic mass is 32.2. The zero-order valence-corrected chi connectivity index (χ0v) is 22.1. The van der Waals surface area contributed by atoms with E-state index in [1.165, 1.54) is 17.0 Å². The summed E-state index contributed by atoms with van der Waals surface area (Å²) in [5, 5.41) is 26.3. The number of fused-ring (bicyclic) bond motifs is 6. The molecule has 39 heavy (non-hydrogen) atoms. The molecule has 0 aliphatic carbocycles. The molecule has 15 heteroatoms. The Hall–Kier alpha value is -2.69. The van der Waals surface area contributed by atoms with E-state index in [0.717, 1.165) is 16.4 Å². The normalized spacial score (nSPS) is 35.1. The van der Waals surface area contributed by atoms with Crippen molar-refractivity contribution in [2.75, 3.05) is 39.8 Å². The number of aliphatic hydroxyl groups is 2. The summed E-state index contributed by atoms with van der Waals surface area (Å²) in [4.78, 5) is 42.5. The number of carbonyl (C=O) groups is 3. The topological polar surface area (TPSA) is 169 Å². The molecule has 7 atom stereocenters. The van der Waals surface area contributed by atoms with Gasteiger partial charge in [0, 0.05) is 38.8 Å². The molecule has 1 aromatic rings. The molecule has 5 rings (SSSR count). The van der Waals surface area contributed by atoms with E-state index in [1.807, 2.05) is 0 Å². The maximum absolute atomic E-state index is 13.9. The van der Waals surface area contributed by atoms with Crippen LogP contribution in [0.5, 0.6) is 0 Å². The molecule has 0 saturated carbocycles. The Labute approximate surface area is 224 Å². The van der Waals surface area contributed by atoms with Gasteiger partial charge < -0.3 is 30.5 Å². The summed E-state index contributed by atoms with van der Waals surface area (Å²) < 4.78 is 47.5. The van der Waals surface area contributed by atoms with Crippen molar-refractivity contribution in [3.05, 3.63) is 30.1 Å². The van der Waals surface area contributed by atoms with Crippen molar-refractivity contribution in [3.8, 4) is 0 Å². The Morgan fingerprint density at radius 2 is 1.79 bits per heavy atom. The van der Waals surface area contributed by atoms with Gasteiger partial charge in [0.1, 0.15) is 30.2 Å². The minimum absolute atomic E-state index is 0.0108. The molecule has 4 aliphatic heterocycles. The first-order valence-electron chi connectivity index (χ1n) is 12.8. The Kier molecular flexibility index (Phi) is 7.65. The quantitative estimate of drug-likeness (QED) is 0.295. The Bertz CT molecular complexity index is 1250. The largest absolute Gasteiger partial charge is 0.388 e. The molecule has 13 nitrogen and oxygen atoms in total. The van der Waals surface area contributed by atoms with E-state index in [9.17, 15) is 37.4 Å². The van der Waals surface area contributed by atoms with Gasteiger partial charge in [-0.1, -0.05) is 6.07 Å². The van der Waals surface area contributed by atoms with E-state index in [-0.39, 0.29) is 49.4 Å². The lowest BCUT2D eigenvalue weighted by Crippen LogP contribution is -2.63. The highest BCUT2D eigenvalue weighted by Crippen LogP contribution is 2.27. The van der Waals surface area contributed by atoms with Crippen LogP contribution in [-0.2, 0) is 29.1 Å². The first-order valence-corrected chi connectivity index (χ1v) is 14.2. The number of rotatable bonds is 2. The molecule has 4 aliphatic rings. The molecule has 3 amide bonds. The second-order valence-electron chi connectivity index (χ2n) is 10.5. The van der Waals surface area contributed by atoms with E-state index < -0.39 is 64.2 Å². The number of hydrogen-bond donors (Lipinski definition) is 4. The maximum Gasteiger partial charge on any atom is 0.244 e. The van der Waals surface area contributed by atoms with E-state index in [0.29, 0.717) is 13.0 Å². The summed E-state index contributed by atoms with van der Waals surface area (Å²) in [6.07, 6.45) is -4.75. The summed E-state index contributed by atoms with van der Waals surface area (Å²) >= 11 is 0. The highest BCUT2D eigenvalue weighted by Gasteiger charge is 2.47. The van der Waals surface area contributed by atoms with Crippen LogP contribution in [0.25, 0.3) is 0 Å². The number of ether oxygens (including phenoxy) is 1. The molecule has 4 saturated heterocycles. The molecule has 214 valence electrons. The monoisotopic (exact) mass is 569 g/mol. The summed E-state index contributed by atoms with van der Waals surface area (Å²) in [5.41, 5.74) is 0. The first-order chi connectivity index (χ1) is 18.5. The van der Waals surface area contributed by atoms with Crippen LogP contribution in [-0.4, -0.2) is 133 Å². The molecule has 4 fully saturated rings. The fraction of sp³-hybridized carbons (Fsp3) is 0.625. The van der Waals surface area contributed by atoms with E-state index in [4.69, 9.17) is 4.74 Å². The van der Waals surface area contributed by atoms with Crippen LogP contribution < -0.4 is 10.6 Å². The van der Waals surface area contributed by atoms with E-state index in [1.54, 1.807) is 11.9 Å². The zero-order chi connectivity index (χ0) is 28.1. The van der Waals surface area contributed by atoms with Crippen LogP contribution >= 0.6 is 0 Å². The minimum Gasteiger partial charge on any atom is -0.388 e. The number of hydrogen-bond acceptors (Lipinski definition) is 9. The number of likely N-dealkylation sites (tertiary alicyclic amines) is 1. The third-order valence-electron chi connectivity index (χ3n) is 7.87. The number of sulfonamides is 1. The van der Waals surface area contributed by atoms with Gasteiger partial charge in [0.25, 0.3) is 0 Å². The summed E-state index contributed by atoms with van der Waals surface area (Å²) in [6, 6.07) is 2.17. The van der Waals surface area contributed by atoms with Gasteiger partial charge in [0.2, 0.25) is 27.7 Å². The van der Waals surface area contributed by atoms with Crippen molar-refractivity contribution in [2.45, 2.75) is 60.3 Å². The van der Waals surface area contributed by atoms with Crippen LogP contribution in [0.2, 0.25) is 0 Å². The van der Waals surface area contributed by atoms with Gasteiger partial charge in [-0.05, 0) is 31.7 Å². The van der Waals surface area contributed by atoms with Gasteiger partial charge in [-0.15, -0.1) is 0 Å². The third kappa shape index (κ3) is 5.38. The Morgan fingerprint density at radius 3 is 2.54 bits per heavy atom. The number of amides is 3. The van der Waals surface area contributed by atoms with E-state index in [2.05, 4.69) is 10.6 Å². The predicted octanol–water partition coefficient (Wildman–Crippen LogP) is -2.77. The molecule has 0 spiro atoms. The van der Waals surface area contributed by atoms with Crippen LogP contribution in [0.1, 0.15) is 12.8 Å². The van der Waals surface area contributed by atoms with Crippen molar-refractivity contribution in [2.24, 2.45) is 0 Å². The standard InChI is InChI=1S/C24H32FN5O8S/c1-28-11-14-8-16(28)24(35)29-5-6-30(39(36,37)15-4-2-3-13(25)7-15)17(12-29)23(34)26-10-19-22(33)21(32)18(38-19)9-20(31)27-14/h2-4,7,14,16-19,21-22,32-33H,5-6,8-12H2,1H3,(H,26,34)(H,27,31)/t14-,16-,17-,18-,19+,21-,22+/m0/s1. The number of carbonyl (C=O) groups excluding carboxylic acids is 3. The van der Waals surface area contributed by atoms with Gasteiger partial charge in [0.05, 0.1) is 23.5 Å². The smallest absolute Gasteiger partial charge is 0.244 e. The van der Waals surface area contributed by atoms with Crippen LogP contribution in [0.3, 0.4) is 0 Å². The molecule has 0 aromatic heterocycles. The van der Waals surface area contributed by atoms with E-state index >= 15 is 0 Å². The number of likely N-dealkylation sites (N-methyl/N-ethyl adjacent to an activating group) is 1. The van der Waals surface area contributed by atoms with Gasteiger partial charge in [-0.25, -0.2) is 12.8 Å². The van der Waals surface area contributed by atoms with Crippen molar-refractivity contribution in [1.82, 2.24) is 24.7 Å². The number of aliphatic hydroxyl groups excluding tert-OH is 2. The van der Waals surface area contributed by atoms with Crippen LogP contribution in [0, 0.1) is 5.82 Å². The first kappa shape index (κ1) is 27.9. The number of nitrogens with one attached hydrogen (secondary N) is 2. The Balaban J connectivity index is 1.46. The maximum atomic E-state index is 13.9. The second kappa shape index (κ2) is 10.7. The van der Waals surface area contributed by atoms with Crippen molar-refractivity contribution < 1.29 is 42.1 Å².